The van der Waals surface area contributed by atoms with Gasteiger partial charge in [-0.3, -0.25) is 0 Å². The molecular weight excluding hydrogens is 212 g/mol. The Bertz CT molecular complexity index is 250. The molecule has 0 N–H and O–H groups in total. The maximum absolute atomic E-state index is 8.25. The van der Waals surface area contributed by atoms with E-state index in [-0.39, 0.29) is 0 Å². The van der Waals surface area contributed by atoms with Crippen molar-refractivity contribution in [3.05, 3.63) is 15.0 Å². The number of hydrogen-bond acceptors (Lipinski definition) is 3. The fourth-order valence-corrected chi connectivity index (χ4v) is 1.87. The molecular formula is C6H5BrN2S. The molecule has 52 valence electrons. The summed E-state index contributed by atoms with van der Waals surface area (Å²) in [4.78, 5) is 4.07. The van der Waals surface area contributed by atoms with E-state index in [1.54, 1.807) is 17.5 Å². The molecule has 1 aromatic rings. The predicted octanol–water partition coefficient (Wildman–Crippen LogP) is 2.36. The standard InChI is InChI=1S/C6H5BrN2S/c7-5-4-9-6(10-5)2-1-3-8/h4H,1-2H2. The van der Waals surface area contributed by atoms with Crippen LogP contribution in [0.15, 0.2) is 9.98 Å². The van der Waals surface area contributed by atoms with Crippen molar-refractivity contribution >= 4 is 27.3 Å². The van der Waals surface area contributed by atoms with Crippen LogP contribution in [-0.4, -0.2) is 4.98 Å². The van der Waals surface area contributed by atoms with Gasteiger partial charge in [0.1, 0.15) is 0 Å². The molecule has 4 heteroatoms. The lowest BCUT2D eigenvalue weighted by molar-refractivity contribution is 0.989. The maximum atomic E-state index is 8.25. The molecule has 0 saturated carbocycles. The van der Waals surface area contributed by atoms with Gasteiger partial charge in [0.15, 0.2) is 0 Å². The summed E-state index contributed by atoms with van der Waals surface area (Å²) in [5.74, 6) is 0. The van der Waals surface area contributed by atoms with Gasteiger partial charge >= 0.3 is 0 Å². The third-order valence-corrected chi connectivity index (χ3v) is 2.51. The van der Waals surface area contributed by atoms with E-state index >= 15 is 0 Å². The zero-order chi connectivity index (χ0) is 7.40. The van der Waals surface area contributed by atoms with Crippen LogP contribution in [0.1, 0.15) is 11.4 Å². The second-order valence-electron chi connectivity index (χ2n) is 1.72. The van der Waals surface area contributed by atoms with Crippen LogP contribution in [0.2, 0.25) is 0 Å². The number of rotatable bonds is 2. The summed E-state index contributed by atoms with van der Waals surface area (Å²) in [6.45, 7) is 0. The Hall–Kier alpha value is -0.400. The fraction of sp³-hybridized carbons (Fsp3) is 0.333. The first-order valence-electron chi connectivity index (χ1n) is 2.80. The van der Waals surface area contributed by atoms with Crippen LogP contribution in [-0.2, 0) is 6.42 Å². The van der Waals surface area contributed by atoms with Crippen LogP contribution in [0.25, 0.3) is 0 Å². The molecule has 0 radical (unpaired) electrons. The fourth-order valence-electron chi connectivity index (χ4n) is 0.566. The van der Waals surface area contributed by atoms with Crippen molar-refractivity contribution in [2.45, 2.75) is 12.8 Å². The largest absolute Gasteiger partial charge is 0.248 e. The third kappa shape index (κ3) is 2.09. The van der Waals surface area contributed by atoms with Crippen molar-refractivity contribution in [1.29, 1.82) is 5.26 Å². The first-order valence-corrected chi connectivity index (χ1v) is 4.41. The van der Waals surface area contributed by atoms with E-state index in [4.69, 9.17) is 5.26 Å². The molecule has 0 spiro atoms. The van der Waals surface area contributed by atoms with E-state index in [9.17, 15) is 0 Å². The van der Waals surface area contributed by atoms with Gasteiger partial charge in [-0.25, -0.2) is 4.98 Å². The lowest BCUT2D eigenvalue weighted by Gasteiger charge is -1.83. The highest BCUT2D eigenvalue weighted by atomic mass is 79.9. The minimum Gasteiger partial charge on any atom is -0.248 e. The van der Waals surface area contributed by atoms with Crippen LogP contribution in [0.5, 0.6) is 0 Å². The summed E-state index contributed by atoms with van der Waals surface area (Å²) in [6.07, 6.45) is 3.09. The van der Waals surface area contributed by atoms with Crippen LogP contribution in [0.4, 0.5) is 0 Å². The molecule has 2 nitrogen and oxygen atoms in total. The highest BCUT2D eigenvalue weighted by Crippen LogP contribution is 2.19. The zero-order valence-corrected chi connectivity index (χ0v) is 7.57. The summed E-state index contributed by atoms with van der Waals surface area (Å²) in [7, 11) is 0. The van der Waals surface area contributed by atoms with Crippen LogP contribution >= 0.6 is 27.3 Å². The van der Waals surface area contributed by atoms with Crippen LogP contribution < -0.4 is 0 Å². The second kappa shape index (κ2) is 3.69. The predicted molar refractivity (Wildman–Crippen MR) is 43.7 cm³/mol. The minimum absolute atomic E-state index is 0.556. The van der Waals surface area contributed by atoms with Crippen molar-refractivity contribution in [2.24, 2.45) is 0 Å². The SMILES string of the molecule is N#CCCc1ncc(Br)s1. The normalized spacial score (nSPS) is 9.20. The average molecular weight is 217 g/mol. The third-order valence-electron chi connectivity index (χ3n) is 0.976. The van der Waals surface area contributed by atoms with Gasteiger partial charge in [0.05, 0.1) is 21.1 Å². The highest BCUT2D eigenvalue weighted by molar-refractivity contribution is 9.11. The summed E-state index contributed by atoms with van der Waals surface area (Å²) in [6, 6.07) is 2.08. The van der Waals surface area contributed by atoms with Gasteiger partial charge in [0, 0.05) is 12.8 Å². The van der Waals surface area contributed by atoms with Gasteiger partial charge in [0.2, 0.25) is 0 Å². The topological polar surface area (TPSA) is 36.7 Å². The zero-order valence-electron chi connectivity index (χ0n) is 5.17. The second-order valence-corrected chi connectivity index (χ2v) is 4.21. The molecule has 0 aromatic carbocycles. The summed E-state index contributed by atoms with van der Waals surface area (Å²) in [5.41, 5.74) is 0. The molecule has 1 aromatic heterocycles. The monoisotopic (exact) mass is 216 g/mol. The molecule has 0 amide bonds. The highest BCUT2D eigenvalue weighted by Gasteiger charge is 1.97. The van der Waals surface area contributed by atoms with Gasteiger partial charge in [-0.15, -0.1) is 11.3 Å². The molecule has 0 atom stereocenters. The van der Waals surface area contributed by atoms with Gasteiger partial charge in [0.25, 0.3) is 0 Å². The molecule has 0 saturated heterocycles. The molecule has 1 rings (SSSR count). The van der Waals surface area contributed by atoms with E-state index in [2.05, 4.69) is 27.0 Å². The number of thiazole rings is 1. The van der Waals surface area contributed by atoms with Gasteiger partial charge in [-0.1, -0.05) is 0 Å². The van der Waals surface area contributed by atoms with Gasteiger partial charge in [-0.05, 0) is 15.9 Å². The molecule has 1 heterocycles. The summed E-state index contributed by atoms with van der Waals surface area (Å²) >= 11 is 4.88. The molecule has 0 aliphatic carbocycles. The van der Waals surface area contributed by atoms with Crippen molar-refractivity contribution in [1.82, 2.24) is 4.98 Å². The van der Waals surface area contributed by atoms with E-state index in [1.165, 1.54) is 0 Å². The number of aromatic nitrogens is 1. The molecule has 0 unspecified atom stereocenters. The Morgan fingerprint density at radius 3 is 3.10 bits per heavy atom. The van der Waals surface area contributed by atoms with E-state index in [1.807, 2.05) is 0 Å². The Balaban J connectivity index is 2.52. The smallest absolute Gasteiger partial charge is 0.0947 e. The number of nitriles is 1. The summed E-state index contributed by atoms with van der Waals surface area (Å²) < 4.78 is 1.03. The first-order chi connectivity index (χ1) is 4.83. The summed E-state index contributed by atoms with van der Waals surface area (Å²) in [5, 5.41) is 9.27. The molecule has 0 fully saturated rings. The van der Waals surface area contributed by atoms with Crippen LogP contribution in [0.3, 0.4) is 0 Å². The molecule has 10 heavy (non-hydrogen) atoms. The van der Waals surface area contributed by atoms with E-state index in [0.717, 1.165) is 15.2 Å². The molecule has 0 bridgehead atoms. The number of aryl methyl sites for hydroxylation is 1. The lowest BCUT2D eigenvalue weighted by atomic mass is 10.3. The van der Waals surface area contributed by atoms with Gasteiger partial charge < -0.3 is 0 Å². The first kappa shape index (κ1) is 7.70. The minimum atomic E-state index is 0.556. The maximum Gasteiger partial charge on any atom is 0.0947 e. The number of halogens is 1. The van der Waals surface area contributed by atoms with E-state index in [0.29, 0.717) is 6.42 Å². The van der Waals surface area contributed by atoms with Crippen molar-refractivity contribution < 1.29 is 0 Å². The Kier molecular flexibility index (Phi) is 2.84. The van der Waals surface area contributed by atoms with Crippen molar-refractivity contribution in [3.8, 4) is 6.07 Å². The lowest BCUT2D eigenvalue weighted by Crippen LogP contribution is -1.78. The number of nitrogens with zero attached hydrogens (tertiary/aromatic N) is 2. The number of hydrogen-bond donors (Lipinski definition) is 0. The Morgan fingerprint density at radius 1 is 1.80 bits per heavy atom. The quantitative estimate of drug-likeness (QED) is 0.762. The van der Waals surface area contributed by atoms with Crippen molar-refractivity contribution in [3.63, 3.8) is 0 Å². The Morgan fingerprint density at radius 2 is 2.60 bits per heavy atom. The molecule has 0 aliphatic rings. The molecule has 0 aliphatic heterocycles. The van der Waals surface area contributed by atoms with Gasteiger partial charge in [-0.2, -0.15) is 5.26 Å². The van der Waals surface area contributed by atoms with Crippen molar-refractivity contribution in [2.75, 3.05) is 0 Å². The van der Waals surface area contributed by atoms with Crippen LogP contribution in [0, 0.1) is 11.3 Å². The van der Waals surface area contributed by atoms with E-state index < -0.39 is 0 Å². The average Bonchev–Trinajstić information content (AvgIpc) is 2.31. The Labute approximate surface area is 71.6 Å².